The summed E-state index contributed by atoms with van der Waals surface area (Å²) in [5.41, 5.74) is 7.16. The Labute approximate surface area is 125 Å². The molecule has 0 aliphatic rings. The van der Waals surface area contributed by atoms with Gasteiger partial charge in [-0.2, -0.15) is 0 Å². The fourth-order valence-electron chi connectivity index (χ4n) is 1.99. The molecular formula is C14H14N6S. The van der Waals surface area contributed by atoms with Crippen LogP contribution in [0.15, 0.2) is 40.5 Å². The number of pyridine rings is 1. The molecule has 106 valence electrons. The molecule has 2 aromatic heterocycles. The van der Waals surface area contributed by atoms with Crippen molar-refractivity contribution >= 4 is 28.5 Å². The lowest BCUT2D eigenvalue weighted by molar-refractivity contribution is 0.766. The molecule has 0 atom stereocenters. The van der Waals surface area contributed by atoms with E-state index in [2.05, 4.69) is 15.2 Å². The number of benzene rings is 1. The number of nitrogens with one attached hydrogen (secondary N) is 1. The molecule has 0 amide bonds. The maximum atomic E-state index is 7.76. The van der Waals surface area contributed by atoms with E-state index < -0.39 is 0 Å². The first-order chi connectivity index (χ1) is 10.1. The van der Waals surface area contributed by atoms with Gasteiger partial charge in [0.25, 0.3) is 0 Å². The number of aromatic nitrogens is 4. The van der Waals surface area contributed by atoms with E-state index in [-0.39, 0.29) is 5.84 Å². The summed E-state index contributed by atoms with van der Waals surface area (Å²) in [5.74, 6) is 0.829. The summed E-state index contributed by atoms with van der Waals surface area (Å²) in [6.45, 7) is 1.90. The summed E-state index contributed by atoms with van der Waals surface area (Å²) >= 11 is 1.45. The van der Waals surface area contributed by atoms with Gasteiger partial charge < -0.3 is 10.3 Å². The average molecular weight is 298 g/mol. The van der Waals surface area contributed by atoms with Crippen molar-refractivity contribution < 1.29 is 0 Å². The Hall–Kier alpha value is -2.41. The van der Waals surface area contributed by atoms with Crippen LogP contribution in [-0.4, -0.2) is 25.6 Å². The van der Waals surface area contributed by atoms with E-state index in [0.717, 1.165) is 26.8 Å². The largest absolute Gasteiger partial charge is 0.384 e. The number of hydrogen-bond donors (Lipinski definition) is 2. The number of para-hydroxylation sites is 1. The van der Waals surface area contributed by atoms with Crippen LogP contribution in [0.3, 0.4) is 0 Å². The first kappa shape index (κ1) is 13.6. The first-order valence-corrected chi connectivity index (χ1v) is 7.15. The molecule has 0 saturated carbocycles. The minimum absolute atomic E-state index is 0.00496. The lowest BCUT2D eigenvalue weighted by atomic mass is 10.1. The van der Waals surface area contributed by atoms with E-state index in [1.165, 1.54) is 11.8 Å². The van der Waals surface area contributed by atoms with E-state index in [0.29, 0.717) is 5.56 Å². The highest BCUT2D eigenvalue weighted by Crippen LogP contribution is 2.34. The predicted octanol–water partition coefficient (Wildman–Crippen LogP) is 2.11. The van der Waals surface area contributed by atoms with Crippen LogP contribution in [0.4, 0.5) is 0 Å². The highest BCUT2D eigenvalue weighted by molar-refractivity contribution is 7.99. The molecule has 7 heteroatoms. The Bertz CT molecular complexity index is 839. The molecule has 6 nitrogen and oxygen atoms in total. The van der Waals surface area contributed by atoms with Gasteiger partial charge in [-0.25, -0.2) is 0 Å². The standard InChI is InChI=1S/C14H14N6S/c1-8-18-19-14(20(8)2)21-12-9-5-3-4-6-11(9)17-7-10(12)13(15)16/h3-7H,1-2H3,(H3,15,16). The SMILES string of the molecule is Cc1nnc(Sc2c(C(=N)N)cnc3ccccc23)n1C. The highest BCUT2D eigenvalue weighted by Gasteiger charge is 2.15. The van der Waals surface area contributed by atoms with Gasteiger partial charge in [-0.05, 0) is 24.8 Å². The van der Waals surface area contributed by atoms with Gasteiger partial charge in [0.1, 0.15) is 11.7 Å². The second-order valence-corrected chi connectivity index (χ2v) is 5.60. The monoisotopic (exact) mass is 298 g/mol. The third-order valence-corrected chi connectivity index (χ3v) is 4.44. The lowest BCUT2D eigenvalue weighted by Crippen LogP contribution is -2.13. The third kappa shape index (κ3) is 2.36. The Kier molecular flexibility index (Phi) is 3.34. The number of nitrogens with zero attached hydrogens (tertiary/aromatic N) is 4. The Morgan fingerprint density at radius 3 is 2.71 bits per heavy atom. The molecule has 21 heavy (non-hydrogen) atoms. The fourth-order valence-corrected chi connectivity index (χ4v) is 3.07. The predicted molar refractivity (Wildman–Crippen MR) is 82.6 cm³/mol. The summed E-state index contributed by atoms with van der Waals surface area (Å²) in [5, 5.41) is 17.7. The molecule has 0 aliphatic carbocycles. The maximum Gasteiger partial charge on any atom is 0.195 e. The summed E-state index contributed by atoms with van der Waals surface area (Å²) in [7, 11) is 1.91. The second-order valence-electron chi connectivity index (χ2n) is 4.62. The van der Waals surface area contributed by atoms with Crippen LogP contribution >= 0.6 is 11.8 Å². The zero-order valence-electron chi connectivity index (χ0n) is 11.7. The minimum atomic E-state index is -0.00496. The summed E-state index contributed by atoms with van der Waals surface area (Å²) in [6, 6.07) is 7.79. The molecule has 0 unspecified atom stereocenters. The normalized spacial score (nSPS) is 11.0. The molecule has 0 fully saturated rings. The van der Waals surface area contributed by atoms with Crippen LogP contribution in [0.1, 0.15) is 11.4 Å². The number of hydrogen-bond acceptors (Lipinski definition) is 5. The van der Waals surface area contributed by atoms with Gasteiger partial charge in [0, 0.05) is 29.1 Å². The lowest BCUT2D eigenvalue weighted by Gasteiger charge is -2.10. The van der Waals surface area contributed by atoms with Crippen molar-refractivity contribution in [1.29, 1.82) is 5.41 Å². The van der Waals surface area contributed by atoms with Crippen molar-refractivity contribution in [3.8, 4) is 0 Å². The fraction of sp³-hybridized carbons (Fsp3) is 0.143. The zero-order valence-corrected chi connectivity index (χ0v) is 12.5. The van der Waals surface area contributed by atoms with Crippen LogP contribution in [0.25, 0.3) is 10.9 Å². The van der Waals surface area contributed by atoms with E-state index in [1.807, 2.05) is 42.8 Å². The van der Waals surface area contributed by atoms with Crippen LogP contribution in [0.2, 0.25) is 0 Å². The van der Waals surface area contributed by atoms with Gasteiger partial charge in [-0.3, -0.25) is 10.4 Å². The Morgan fingerprint density at radius 2 is 2.05 bits per heavy atom. The highest BCUT2D eigenvalue weighted by atomic mass is 32.2. The molecule has 1 aromatic carbocycles. The molecule has 0 bridgehead atoms. The Morgan fingerprint density at radius 1 is 1.29 bits per heavy atom. The van der Waals surface area contributed by atoms with Crippen molar-refractivity contribution in [3.05, 3.63) is 41.9 Å². The zero-order chi connectivity index (χ0) is 15.0. The molecule has 0 spiro atoms. The van der Waals surface area contributed by atoms with Gasteiger partial charge >= 0.3 is 0 Å². The molecular weight excluding hydrogens is 284 g/mol. The molecule has 0 saturated heterocycles. The van der Waals surface area contributed by atoms with Crippen LogP contribution in [0, 0.1) is 12.3 Å². The number of aryl methyl sites for hydroxylation is 1. The van der Waals surface area contributed by atoms with Gasteiger partial charge in [0.15, 0.2) is 5.16 Å². The first-order valence-electron chi connectivity index (χ1n) is 6.34. The number of amidine groups is 1. The van der Waals surface area contributed by atoms with Crippen molar-refractivity contribution in [2.24, 2.45) is 12.8 Å². The van der Waals surface area contributed by atoms with Gasteiger partial charge in [0.2, 0.25) is 0 Å². The van der Waals surface area contributed by atoms with Crippen LogP contribution in [0.5, 0.6) is 0 Å². The number of nitrogens with two attached hydrogens (primary N) is 1. The molecule has 3 N–H and O–H groups in total. The smallest absolute Gasteiger partial charge is 0.195 e. The third-order valence-electron chi connectivity index (χ3n) is 3.26. The number of rotatable bonds is 3. The van der Waals surface area contributed by atoms with E-state index in [9.17, 15) is 0 Å². The average Bonchev–Trinajstić information content (AvgIpc) is 2.79. The summed E-state index contributed by atoms with van der Waals surface area (Å²) in [4.78, 5) is 5.23. The van der Waals surface area contributed by atoms with Crippen LogP contribution in [-0.2, 0) is 7.05 Å². The quantitative estimate of drug-likeness (QED) is 0.570. The maximum absolute atomic E-state index is 7.76. The van der Waals surface area contributed by atoms with E-state index in [1.54, 1.807) is 6.20 Å². The van der Waals surface area contributed by atoms with Crippen molar-refractivity contribution in [1.82, 2.24) is 19.7 Å². The molecule has 3 rings (SSSR count). The van der Waals surface area contributed by atoms with E-state index in [4.69, 9.17) is 11.1 Å². The summed E-state index contributed by atoms with van der Waals surface area (Å²) < 4.78 is 1.91. The number of fused-ring (bicyclic) bond motifs is 1. The minimum Gasteiger partial charge on any atom is -0.384 e. The molecule has 3 aromatic rings. The van der Waals surface area contributed by atoms with Crippen LogP contribution < -0.4 is 5.73 Å². The topological polar surface area (TPSA) is 93.5 Å². The Balaban J connectivity index is 2.21. The van der Waals surface area contributed by atoms with E-state index >= 15 is 0 Å². The second kappa shape index (κ2) is 5.17. The van der Waals surface area contributed by atoms with Gasteiger partial charge in [-0.15, -0.1) is 10.2 Å². The van der Waals surface area contributed by atoms with Gasteiger partial charge in [-0.1, -0.05) is 18.2 Å². The molecule has 0 radical (unpaired) electrons. The summed E-state index contributed by atoms with van der Waals surface area (Å²) in [6.07, 6.45) is 1.64. The van der Waals surface area contributed by atoms with Crippen molar-refractivity contribution in [2.75, 3.05) is 0 Å². The molecule has 0 aliphatic heterocycles. The molecule has 2 heterocycles. The number of nitrogen functional groups attached to an aromatic ring is 1. The van der Waals surface area contributed by atoms with Gasteiger partial charge in [0.05, 0.1) is 5.52 Å². The van der Waals surface area contributed by atoms with Crippen molar-refractivity contribution in [2.45, 2.75) is 17.0 Å². The van der Waals surface area contributed by atoms with Crippen molar-refractivity contribution in [3.63, 3.8) is 0 Å².